The van der Waals surface area contributed by atoms with Crippen LogP contribution in [0.25, 0.3) is 10.9 Å². The van der Waals surface area contributed by atoms with E-state index in [0.29, 0.717) is 35.4 Å². The number of ether oxygens (including phenoxy) is 2. The highest BCUT2D eigenvalue weighted by atomic mass is 79.9. The van der Waals surface area contributed by atoms with E-state index in [0.717, 1.165) is 62.2 Å². The molecule has 0 radical (unpaired) electrons. The van der Waals surface area contributed by atoms with Crippen molar-refractivity contribution in [3.63, 3.8) is 0 Å². The van der Waals surface area contributed by atoms with Gasteiger partial charge < -0.3 is 24.2 Å². The zero-order chi connectivity index (χ0) is 28.1. The quantitative estimate of drug-likeness (QED) is 0.446. The number of nitrogens with zero attached hydrogens (tertiary/aromatic N) is 5. The van der Waals surface area contributed by atoms with Crippen LogP contribution < -0.4 is 9.64 Å². The topological polar surface area (TPSA) is 71.0 Å². The van der Waals surface area contributed by atoms with Crippen molar-refractivity contribution >= 4 is 38.7 Å². The summed E-state index contributed by atoms with van der Waals surface area (Å²) in [5.41, 5.74) is 0.786. The normalized spacial score (nSPS) is 23.7. The van der Waals surface area contributed by atoms with Crippen LogP contribution in [0.3, 0.4) is 0 Å². The maximum Gasteiger partial charge on any atom is 0.410 e. The third kappa shape index (κ3) is 5.82. The van der Waals surface area contributed by atoms with Gasteiger partial charge >= 0.3 is 12.1 Å². The van der Waals surface area contributed by atoms with Crippen LogP contribution in [0.5, 0.6) is 6.01 Å². The minimum Gasteiger partial charge on any atom is -0.460 e. The summed E-state index contributed by atoms with van der Waals surface area (Å²) in [6, 6.07) is 2.26. The minimum atomic E-state index is -0.496. The second kappa shape index (κ2) is 10.7. The summed E-state index contributed by atoms with van der Waals surface area (Å²) in [7, 11) is 2.12. The van der Waals surface area contributed by atoms with Crippen molar-refractivity contribution in [1.29, 1.82) is 0 Å². The molecule has 0 N–H and O–H groups in total. The molecule has 0 saturated carbocycles. The number of hydrogen-bond donors (Lipinski definition) is 0. The molecule has 1 aromatic carbocycles. The fourth-order valence-electron chi connectivity index (χ4n) is 6.14. The lowest BCUT2D eigenvalue weighted by molar-refractivity contribution is -0.0434. The molecule has 1 aromatic heterocycles. The zero-order valence-corrected chi connectivity index (χ0v) is 25.6. The van der Waals surface area contributed by atoms with Gasteiger partial charge in [-0.3, -0.25) is 0 Å². The lowest BCUT2D eigenvalue weighted by atomic mass is 9.72. The highest BCUT2D eigenvalue weighted by Crippen LogP contribution is 2.43. The molecule has 1 amide bonds. The van der Waals surface area contributed by atoms with Crippen LogP contribution in [0.4, 0.5) is 15.0 Å². The van der Waals surface area contributed by atoms with Crippen molar-refractivity contribution in [2.75, 3.05) is 51.2 Å². The molecule has 3 fully saturated rings. The van der Waals surface area contributed by atoms with Crippen molar-refractivity contribution in [2.45, 2.75) is 72.0 Å². The number of likely N-dealkylation sites (tertiary alicyclic amines) is 2. The summed E-state index contributed by atoms with van der Waals surface area (Å²) in [6.45, 7) is 14.7. The lowest BCUT2D eigenvalue weighted by Crippen LogP contribution is -2.62. The molecule has 2 atom stereocenters. The van der Waals surface area contributed by atoms with Gasteiger partial charge in [0, 0.05) is 56.0 Å². The average Bonchev–Trinajstić information content (AvgIpc) is 2.85. The molecule has 3 aliphatic rings. The summed E-state index contributed by atoms with van der Waals surface area (Å²) in [5, 5.41) is 0.719. The first-order chi connectivity index (χ1) is 18.4. The van der Waals surface area contributed by atoms with E-state index in [-0.39, 0.29) is 29.4 Å². The molecule has 4 heterocycles. The molecule has 2 unspecified atom stereocenters. The highest BCUT2D eigenvalue weighted by molar-refractivity contribution is 9.10. The summed E-state index contributed by atoms with van der Waals surface area (Å²) in [4.78, 5) is 28.3. The predicted molar refractivity (Wildman–Crippen MR) is 154 cm³/mol. The van der Waals surface area contributed by atoms with E-state index in [9.17, 15) is 4.79 Å². The van der Waals surface area contributed by atoms with E-state index >= 15 is 4.39 Å². The molecule has 214 valence electrons. The van der Waals surface area contributed by atoms with Gasteiger partial charge in [0.15, 0.2) is 5.82 Å². The number of anilines is 1. The third-order valence-corrected chi connectivity index (χ3v) is 9.26. The molecule has 8 nitrogen and oxygen atoms in total. The van der Waals surface area contributed by atoms with Gasteiger partial charge in [-0.05, 0) is 81.1 Å². The fraction of sp³-hybridized carbons (Fsp3) is 0.690. The van der Waals surface area contributed by atoms with Crippen molar-refractivity contribution in [3.8, 4) is 6.01 Å². The van der Waals surface area contributed by atoms with E-state index in [1.165, 1.54) is 0 Å². The Morgan fingerprint density at radius 3 is 2.51 bits per heavy atom. The maximum absolute atomic E-state index is 15.6. The van der Waals surface area contributed by atoms with Crippen LogP contribution in [0, 0.1) is 17.2 Å². The van der Waals surface area contributed by atoms with Gasteiger partial charge in [-0.25, -0.2) is 9.18 Å². The van der Waals surface area contributed by atoms with E-state index in [4.69, 9.17) is 14.5 Å². The van der Waals surface area contributed by atoms with E-state index in [1.54, 1.807) is 4.90 Å². The molecule has 1 spiro atoms. The van der Waals surface area contributed by atoms with Crippen molar-refractivity contribution in [2.24, 2.45) is 11.3 Å². The van der Waals surface area contributed by atoms with Crippen LogP contribution in [-0.4, -0.2) is 83.9 Å². The lowest BCUT2D eigenvalue weighted by Gasteiger charge is -2.53. The third-order valence-electron chi connectivity index (χ3n) is 8.40. The van der Waals surface area contributed by atoms with Crippen LogP contribution >= 0.6 is 15.9 Å². The predicted octanol–water partition coefficient (Wildman–Crippen LogP) is 5.65. The van der Waals surface area contributed by atoms with Gasteiger partial charge in [0.05, 0.1) is 4.47 Å². The number of hydrogen-bond acceptors (Lipinski definition) is 7. The van der Waals surface area contributed by atoms with Gasteiger partial charge in [0.2, 0.25) is 0 Å². The standard InChI is InChI=1S/C29H41BrFN5O3/c1-7-19-14-20-24(23(31)22(19)30)32-26(38-21-8-11-34(6)15-18(21)2)33-25(20)35-12-9-29(10-13-35)16-36(17-29)27(37)39-28(3,4)5/h14,18,21H,7-13,15-17H2,1-6H3. The number of benzene rings is 1. The Hall–Kier alpha value is -2.20. The van der Waals surface area contributed by atoms with Crippen molar-refractivity contribution in [1.82, 2.24) is 19.8 Å². The number of aryl methyl sites for hydroxylation is 1. The number of piperidine rings is 2. The van der Waals surface area contributed by atoms with Crippen LogP contribution in [-0.2, 0) is 11.2 Å². The molecule has 0 aliphatic carbocycles. The average molecular weight is 607 g/mol. The molecular weight excluding hydrogens is 565 g/mol. The van der Waals surface area contributed by atoms with Gasteiger partial charge in [-0.1, -0.05) is 13.8 Å². The van der Waals surface area contributed by atoms with Gasteiger partial charge in [0.25, 0.3) is 0 Å². The van der Waals surface area contributed by atoms with Crippen molar-refractivity contribution in [3.05, 3.63) is 21.9 Å². The molecule has 5 rings (SSSR count). The summed E-state index contributed by atoms with van der Waals surface area (Å²) < 4.78 is 28.0. The first-order valence-electron chi connectivity index (χ1n) is 14.1. The largest absolute Gasteiger partial charge is 0.460 e. The Morgan fingerprint density at radius 2 is 1.90 bits per heavy atom. The van der Waals surface area contributed by atoms with Gasteiger partial charge in [-0.15, -0.1) is 0 Å². The Kier molecular flexibility index (Phi) is 7.74. The number of aromatic nitrogens is 2. The summed E-state index contributed by atoms with van der Waals surface area (Å²) in [6.07, 6.45) is 3.19. The summed E-state index contributed by atoms with van der Waals surface area (Å²) in [5.74, 6) is 0.691. The fourth-order valence-corrected chi connectivity index (χ4v) is 6.73. The van der Waals surface area contributed by atoms with Gasteiger partial charge in [-0.2, -0.15) is 9.97 Å². The maximum atomic E-state index is 15.6. The summed E-state index contributed by atoms with van der Waals surface area (Å²) >= 11 is 3.45. The van der Waals surface area contributed by atoms with E-state index in [1.807, 2.05) is 33.8 Å². The number of halogens is 2. The number of amides is 1. The molecule has 10 heteroatoms. The number of rotatable bonds is 4. The molecule has 39 heavy (non-hydrogen) atoms. The highest BCUT2D eigenvalue weighted by Gasteiger charge is 2.48. The van der Waals surface area contributed by atoms with E-state index < -0.39 is 5.60 Å². The SMILES string of the molecule is CCc1cc2c(N3CCC4(CC3)CN(C(=O)OC(C)(C)C)C4)nc(OC3CCN(C)CC3C)nc2c(F)c1Br. The van der Waals surface area contributed by atoms with Crippen molar-refractivity contribution < 1.29 is 18.7 Å². The molecule has 2 aromatic rings. The first-order valence-corrected chi connectivity index (χ1v) is 14.9. The Morgan fingerprint density at radius 1 is 1.21 bits per heavy atom. The molecule has 3 saturated heterocycles. The molecule has 0 bridgehead atoms. The Bertz CT molecular complexity index is 1240. The van der Waals surface area contributed by atoms with Crippen LogP contribution in [0.2, 0.25) is 0 Å². The number of carbonyl (C=O) groups is 1. The second-order valence-electron chi connectivity index (χ2n) is 12.8. The monoisotopic (exact) mass is 605 g/mol. The number of fused-ring (bicyclic) bond motifs is 1. The van der Waals surface area contributed by atoms with Gasteiger partial charge in [0.1, 0.15) is 23.0 Å². The smallest absolute Gasteiger partial charge is 0.410 e. The van der Waals surface area contributed by atoms with E-state index in [2.05, 4.69) is 44.7 Å². The second-order valence-corrected chi connectivity index (χ2v) is 13.5. The number of carbonyl (C=O) groups excluding carboxylic acids is 1. The minimum absolute atomic E-state index is 0.00800. The Labute approximate surface area is 239 Å². The van der Waals surface area contributed by atoms with Crippen LogP contribution in [0.15, 0.2) is 10.5 Å². The van der Waals surface area contributed by atoms with Crippen LogP contribution in [0.1, 0.15) is 59.4 Å². The first kappa shape index (κ1) is 28.3. The zero-order valence-electron chi connectivity index (χ0n) is 24.0. The molecule has 3 aliphatic heterocycles. The molecular formula is C29H41BrFN5O3. The Balaban J connectivity index is 1.38.